The molecule has 2 aromatic rings. The third kappa shape index (κ3) is 4.76. The first-order chi connectivity index (χ1) is 14.3. The first-order valence-corrected chi connectivity index (χ1v) is 11.8. The Morgan fingerprint density at radius 1 is 1.23 bits per heavy atom. The van der Waals surface area contributed by atoms with E-state index >= 15 is 0 Å². The fraction of sp³-hybridized carbons (Fsp3) is 0.682. The van der Waals surface area contributed by atoms with E-state index in [2.05, 4.69) is 22.0 Å². The van der Waals surface area contributed by atoms with Crippen molar-refractivity contribution < 1.29 is 9.53 Å². The molecule has 0 unspecified atom stereocenters. The molecule has 0 aromatic carbocycles. The number of rotatable bonds is 6. The van der Waals surface area contributed by atoms with Crippen LogP contribution in [0.2, 0.25) is 0 Å². The van der Waals surface area contributed by atoms with E-state index in [9.17, 15) is 4.79 Å². The molecular weight excluding hydrogens is 398 g/mol. The molecule has 1 amide bonds. The van der Waals surface area contributed by atoms with Crippen LogP contribution < -0.4 is 10.2 Å². The monoisotopic (exact) mass is 431 g/mol. The number of hydrogen-bond acceptors (Lipinski definition) is 7. The van der Waals surface area contributed by atoms with Gasteiger partial charge in [0.2, 0.25) is 5.91 Å². The van der Waals surface area contributed by atoms with E-state index in [-0.39, 0.29) is 11.4 Å². The first kappa shape index (κ1) is 21.5. The van der Waals surface area contributed by atoms with E-state index in [0.717, 1.165) is 68.7 Å². The molecule has 0 saturated carbocycles. The van der Waals surface area contributed by atoms with Gasteiger partial charge in [-0.3, -0.25) is 9.69 Å². The lowest BCUT2D eigenvalue weighted by atomic mass is 10.1. The van der Waals surface area contributed by atoms with Gasteiger partial charge in [-0.05, 0) is 52.5 Å². The molecule has 2 aliphatic rings. The van der Waals surface area contributed by atoms with Gasteiger partial charge in [0, 0.05) is 30.1 Å². The van der Waals surface area contributed by atoms with Gasteiger partial charge >= 0.3 is 0 Å². The van der Waals surface area contributed by atoms with Crippen molar-refractivity contribution in [1.82, 2.24) is 20.2 Å². The predicted octanol–water partition coefficient (Wildman–Crippen LogP) is 2.75. The largest absolute Gasteiger partial charge is 0.379 e. The Labute approximate surface area is 182 Å². The first-order valence-electron chi connectivity index (χ1n) is 11.0. The molecule has 2 aromatic heterocycles. The Bertz CT molecular complexity index is 914. The number of carbonyl (C=O) groups is 1. The quantitative estimate of drug-likeness (QED) is 0.758. The lowest BCUT2D eigenvalue weighted by Crippen LogP contribution is -2.46. The standard InChI is InChI=1S/C22H33N5O2S/c1-5-27(14-18(28)25-22(2,3)4)20-19-15-7-6-8-16(15)30-21(19)24-17(23-20)13-26-9-11-29-12-10-26/h5-14H2,1-4H3,(H,25,28). The Morgan fingerprint density at radius 2 is 2.00 bits per heavy atom. The molecule has 1 aliphatic heterocycles. The number of thiophene rings is 1. The predicted molar refractivity (Wildman–Crippen MR) is 121 cm³/mol. The van der Waals surface area contributed by atoms with Crippen molar-refractivity contribution in [2.45, 2.75) is 59.0 Å². The number of morpholine rings is 1. The number of carbonyl (C=O) groups excluding carboxylic acids is 1. The molecule has 164 valence electrons. The molecule has 30 heavy (non-hydrogen) atoms. The highest BCUT2D eigenvalue weighted by Gasteiger charge is 2.26. The van der Waals surface area contributed by atoms with Gasteiger partial charge in [-0.1, -0.05) is 0 Å². The number of ether oxygens (including phenoxy) is 1. The van der Waals surface area contributed by atoms with Crippen LogP contribution in [0.3, 0.4) is 0 Å². The number of amides is 1. The summed E-state index contributed by atoms with van der Waals surface area (Å²) in [4.78, 5) is 29.6. The minimum Gasteiger partial charge on any atom is -0.379 e. The zero-order valence-corrected chi connectivity index (χ0v) is 19.4. The molecule has 0 atom stereocenters. The lowest BCUT2D eigenvalue weighted by molar-refractivity contribution is -0.121. The van der Waals surface area contributed by atoms with Crippen molar-refractivity contribution in [2.24, 2.45) is 0 Å². The Balaban J connectivity index is 1.68. The van der Waals surface area contributed by atoms with Gasteiger partial charge in [0.15, 0.2) is 0 Å². The maximum Gasteiger partial charge on any atom is 0.239 e. The molecule has 1 saturated heterocycles. The fourth-order valence-corrected chi connectivity index (χ4v) is 5.52. The summed E-state index contributed by atoms with van der Waals surface area (Å²) in [5, 5.41) is 4.25. The fourth-order valence-electron chi connectivity index (χ4n) is 4.25. The van der Waals surface area contributed by atoms with Gasteiger partial charge in [0.1, 0.15) is 16.5 Å². The Hall–Kier alpha value is -1.77. The third-order valence-corrected chi connectivity index (χ3v) is 6.78. The van der Waals surface area contributed by atoms with Crippen LogP contribution in [0.15, 0.2) is 0 Å². The highest BCUT2D eigenvalue weighted by Crippen LogP contribution is 2.40. The van der Waals surface area contributed by atoms with Crippen LogP contribution in [0, 0.1) is 0 Å². The summed E-state index contributed by atoms with van der Waals surface area (Å²) in [5.74, 6) is 1.79. The van der Waals surface area contributed by atoms with Crippen LogP contribution >= 0.6 is 11.3 Å². The Morgan fingerprint density at radius 3 is 2.70 bits per heavy atom. The zero-order valence-electron chi connectivity index (χ0n) is 18.6. The molecule has 7 nitrogen and oxygen atoms in total. The molecule has 0 spiro atoms. The second kappa shape index (κ2) is 8.77. The van der Waals surface area contributed by atoms with Crippen molar-refractivity contribution in [3.05, 3.63) is 16.3 Å². The number of likely N-dealkylation sites (N-methyl/N-ethyl adjacent to an activating group) is 1. The summed E-state index contributed by atoms with van der Waals surface area (Å²) in [5.41, 5.74) is 1.15. The number of aryl methyl sites for hydroxylation is 2. The second-order valence-electron chi connectivity index (χ2n) is 9.20. The van der Waals surface area contributed by atoms with Gasteiger partial charge in [0.05, 0.1) is 31.7 Å². The zero-order chi connectivity index (χ0) is 21.3. The molecule has 1 fully saturated rings. The molecule has 3 heterocycles. The number of hydrogen-bond donors (Lipinski definition) is 1. The molecular formula is C22H33N5O2S. The molecule has 8 heteroatoms. The molecule has 1 N–H and O–H groups in total. The normalized spacial score (nSPS) is 17.3. The van der Waals surface area contributed by atoms with Crippen molar-refractivity contribution in [3.63, 3.8) is 0 Å². The van der Waals surface area contributed by atoms with Crippen LogP contribution in [0.5, 0.6) is 0 Å². The average molecular weight is 432 g/mol. The van der Waals surface area contributed by atoms with Crippen molar-refractivity contribution in [3.8, 4) is 0 Å². The molecule has 4 rings (SSSR count). The maximum absolute atomic E-state index is 12.7. The third-order valence-electron chi connectivity index (χ3n) is 5.59. The summed E-state index contributed by atoms with van der Waals surface area (Å²) in [6, 6.07) is 0. The topological polar surface area (TPSA) is 70.6 Å². The maximum atomic E-state index is 12.7. The van der Waals surface area contributed by atoms with Crippen LogP contribution in [0.4, 0.5) is 5.82 Å². The second-order valence-corrected chi connectivity index (χ2v) is 10.3. The van der Waals surface area contributed by atoms with Crippen LogP contribution in [0.25, 0.3) is 10.2 Å². The highest BCUT2D eigenvalue weighted by atomic mass is 32.1. The van der Waals surface area contributed by atoms with E-state index in [1.807, 2.05) is 32.1 Å². The van der Waals surface area contributed by atoms with E-state index in [1.165, 1.54) is 22.2 Å². The van der Waals surface area contributed by atoms with Gasteiger partial charge in [-0.25, -0.2) is 9.97 Å². The van der Waals surface area contributed by atoms with Crippen LogP contribution in [-0.4, -0.2) is 65.7 Å². The van der Waals surface area contributed by atoms with Crippen molar-refractivity contribution >= 4 is 33.3 Å². The van der Waals surface area contributed by atoms with Gasteiger partial charge in [-0.2, -0.15) is 0 Å². The van der Waals surface area contributed by atoms with Gasteiger partial charge in [-0.15, -0.1) is 11.3 Å². The van der Waals surface area contributed by atoms with E-state index in [1.54, 1.807) is 0 Å². The lowest BCUT2D eigenvalue weighted by Gasteiger charge is -2.28. The summed E-state index contributed by atoms with van der Waals surface area (Å²) < 4.78 is 5.48. The number of anilines is 1. The van der Waals surface area contributed by atoms with Gasteiger partial charge in [0.25, 0.3) is 0 Å². The minimum atomic E-state index is -0.247. The van der Waals surface area contributed by atoms with Crippen LogP contribution in [0.1, 0.15) is 50.4 Å². The summed E-state index contributed by atoms with van der Waals surface area (Å²) in [6.45, 7) is 13.2. The minimum absolute atomic E-state index is 0.0257. The van der Waals surface area contributed by atoms with E-state index in [4.69, 9.17) is 14.7 Å². The van der Waals surface area contributed by atoms with E-state index < -0.39 is 0 Å². The SMILES string of the molecule is CCN(CC(=O)NC(C)(C)C)c1nc(CN2CCOCC2)nc2sc3c(c12)CCC3. The average Bonchev–Trinajstić information content (AvgIpc) is 3.26. The summed E-state index contributed by atoms with van der Waals surface area (Å²) in [6.07, 6.45) is 3.41. The number of nitrogens with zero attached hydrogens (tertiary/aromatic N) is 4. The van der Waals surface area contributed by atoms with E-state index in [0.29, 0.717) is 6.54 Å². The van der Waals surface area contributed by atoms with Crippen molar-refractivity contribution in [2.75, 3.05) is 44.3 Å². The number of nitrogens with one attached hydrogen (secondary N) is 1. The highest BCUT2D eigenvalue weighted by molar-refractivity contribution is 7.19. The van der Waals surface area contributed by atoms with Gasteiger partial charge < -0.3 is 15.0 Å². The molecule has 1 aliphatic carbocycles. The van der Waals surface area contributed by atoms with Crippen molar-refractivity contribution in [1.29, 1.82) is 0 Å². The smallest absolute Gasteiger partial charge is 0.239 e. The summed E-state index contributed by atoms with van der Waals surface area (Å²) >= 11 is 1.81. The summed E-state index contributed by atoms with van der Waals surface area (Å²) in [7, 11) is 0. The molecule has 0 bridgehead atoms. The number of fused-ring (bicyclic) bond motifs is 3. The number of aromatic nitrogens is 2. The Kier molecular flexibility index (Phi) is 6.27. The molecule has 0 radical (unpaired) electrons. The van der Waals surface area contributed by atoms with Crippen LogP contribution in [-0.2, 0) is 28.9 Å².